The maximum Gasteiger partial charge on any atom is 0.0599 e. The largest absolute Gasteiger partial charge is 0.327 e. The molecule has 90 valence electrons. The molecule has 0 heterocycles. The van der Waals surface area contributed by atoms with Crippen LogP contribution in [0.2, 0.25) is 0 Å². The maximum atomic E-state index is 6.19. The Bertz CT molecular complexity index is 252. The van der Waals surface area contributed by atoms with Crippen LogP contribution >= 0.6 is 0 Å². The lowest BCUT2D eigenvalue weighted by Gasteiger charge is -2.33. The summed E-state index contributed by atoms with van der Waals surface area (Å²) in [6.07, 6.45) is 13.4. The molecule has 2 rings (SSSR count). The van der Waals surface area contributed by atoms with Gasteiger partial charge in [-0.2, -0.15) is 0 Å². The maximum absolute atomic E-state index is 6.19. The molecule has 2 fully saturated rings. The first-order valence-electron chi connectivity index (χ1n) is 6.71. The van der Waals surface area contributed by atoms with Crippen molar-refractivity contribution in [3.8, 4) is 12.3 Å². The molecule has 0 amide bonds. The van der Waals surface area contributed by atoms with Gasteiger partial charge < -0.3 is 5.73 Å². The Labute approximate surface area is 99.6 Å². The van der Waals surface area contributed by atoms with Gasteiger partial charge in [0.15, 0.2) is 0 Å². The van der Waals surface area contributed by atoms with Crippen LogP contribution in [0.1, 0.15) is 38.5 Å². The van der Waals surface area contributed by atoms with Gasteiger partial charge in [-0.05, 0) is 37.5 Å². The second-order valence-electron chi connectivity index (χ2n) is 5.55. The molecular formula is C14H24N2. The molecule has 0 saturated heterocycles. The fourth-order valence-corrected chi connectivity index (χ4v) is 2.79. The van der Waals surface area contributed by atoms with Crippen molar-refractivity contribution in [3.63, 3.8) is 0 Å². The molecule has 0 aromatic rings. The molecule has 2 nitrogen and oxygen atoms in total. The second-order valence-corrected chi connectivity index (χ2v) is 5.55. The average Bonchev–Trinajstić information content (AvgIpc) is 3.06. The van der Waals surface area contributed by atoms with Gasteiger partial charge in [-0.1, -0.05) is 18.8 Å². The summed E-state index contributed by atoms with van der Waals surface area (Å²) in [4.78, 5) is 2.45. The summed E-state index contributed by atoms with van der Waals surface area (Å²) < 4.78 is 0. The lowest BCUT2D eigenvalue weighted by atomic mass is 9.84. The number of hydrogen-bond donors (Lipinski definition) is 1. The van der Waals surface area contributed by atoms with Gasteiger partial charge in [0.25, 0.3) is 0 Å². The highest BCUT2D eigenvalue weighted by atomic mass is 15.1. The Balaban J connectivity index is 1.80. The van der Waals surface area contributed by atoms with Gasteiger partial charge in [0.05, 0.1) is 6.54 Å². The van der Waals surface area contributed by atoms with Crippen molar-refractivity contribution >= 4 is 0 Å². The molecule has 2 atom stereocenters. The summed E-state index contributed by atoms with van der Waals surface area (Å²) in [7, 11) is 0. The van der Waals surface area contributed by atoms with Gasteiger partial charge in [0.1, 0.15) is 0 Å². The molecule has 0 aromatic carbocycles. The lowest BCUT2D eigenvalue weighted by Crippen LogP contribution is -2.42. The van der Waals surface area contributed by atoms with Crippen molar-refractivity contribution in [2.24, 2.45) is 17.6 Å². The van der Waals surface area contributed by atoms with E-state index in [4.69, 9.17) is 12.2 Å². The van der Waals surface area contributed by atoms with E-state index in [-0.39, 0.29) is 0 Å². The third kappa shape index (κ3) is 3.50. The molecule has 0 radical (unpaired) electrons. The second kappa shape index (κ2) is 5.70. The van der Waals surface area contributed by atoms with E-state index in [9.17, 15) is 0 Å². The predicted molar refractivity (Wildman–Crippen MR) is 67.9 cm³/mol. The van der Waals surface area contributed by atoms with Gasteiger partial charge in [0.2, 0.25) is 0 Å². The number of nitrogens with zero attached hydrogens (tertiary/aromatic N) is 1. The molecule has 0 spiro atoms. The summed E-state index contributed by atoms with van der Waals surface area (Å²) in [6, 6.07) is 0.410. The minimum atomic E-state index is 0.410. The minimum Gasteiger partial charge on any atom is -0.327 e. The summed E-state index contributed by atoms with van der Waals surface area (Å²) in [5, 5.41) is 0. The molecule has 0 bridgehead atoms. The fourth-order valence-electron chi connectivity index (χ4n) is 2.79. The molecular weight excluding hydrogens is 196 g/mol. The van der Waals surface area contributed by atoms with Crippen molar-refractivity contribution < 1.29 is 0 Å². The van der Waals surface area contributed by atoms with E-state index in [1.54, 1.807) is 0 Å². The average molecular weight is 220 g/mol. The zero-order chi connectivity index (χ0) is 11.4. The van der Waals surface area contributed by atoms with Crippen LogP contribution in [-0.4, -0.2) is 30.6 Å². The zero-order valence-electron chi connectivity index (χ0n) is 10.2. The fraction of sp³-hybridized carbons (Fsp3) is 0.857. The molecule has 0 aliphatic heterocycles. The van der Waals surface area contributed by atoms with Gasteiger partial charge in [-0.3, -0.25) is 4.90 Å². The van der Waals surface area contributed by atoms with Crippen LogP contribution < -0.4 is 5.73 Å². The molecule has 2 aliphatic carbocycles. The van der Waals surface area contributed by atoms with Gasteiger partial charge in [0, 0.05) is 19.1 Å². The van der Waals surface area contributed by atoms with E-state index in [1.165, 1.54) is 45.1 Å². The van der Waals surface area contributed by atoms with E-state index < -0.39 is 0 Å². The Morgan fingerprint density at radius 3 is 2.50 bits per heavy atom. The monoisotopic (exact) mass is 220 g/mol. The third-order valence-corrected chi connectivity index (χ3v) is 3.99. The van der Waals surface area contributed by atoms with Gasteiger partial charge in [-0.25, -0.2) is 0 Å². The number of nitrogens with two attached hydrogens (primary N) is 1. The summed E-state index contributed by atoms with van der Waals surface area (Å²) in [6.45, 7) is 3.13. The van der Waals surface area contributed by atoms with Crippen molar-refractivity contribution in [2.45, 2.75) is 44.6 Å². The van der Waals surface area contributed by atoms with Crippen LogP contribution in [-0.2, 0) is 0 Å². The first kappa shape index (κ1) is 12.0. The molecule has 2 unspecified atom stereocenters. The van der Waals surface area contributed by atoms with Crippen LogP contribution in [0.4, 0.5) is 0 Å². The predicted octanol–water partition coefficient (Wildman–Crippen LogP) is 1.85. The standard InChI is InChI=1S/C14H24N2/c1-2-9-16(10-12-7-8-12)11-13-5-3-4-6-14(13)15/h1,12-14H,3-11,15H2. The first-order chi connectivity index (χ1) is 7.79. The van der Waals surface area contributed by atoms with E-state index >= 15 is 0 Å². The van der Waals surface area contributed by atoms with Crippen molar-refractivity contribution in [3.05, 3.63) is 0 Å². The van der Waals surface area contributed by atoms with E-state index in [2.05, 4.69) is 10.8 Å². The summed E-state index contributed by atoms with van der Waals surface area (Å²) in [5.74, 6) is 4.40. The molecule has 2 saturated carbocycles. The summed E-state index contributed by atoms with van der Waals surface area (Å²) in [5.41, 5.74) is 6.19. The minimum absolute atomic E-state index is 0.410. The quantitative estimate of drug-likeness (QED) is 0.716. The number of hydrogen-bond acceptors (Lipinski definition) is 2. The lowest BCUT2D eigenvalue weighted by molar-refractivity contribution is 0.194. The highest BCUT2D eigenvalue weighted by molar-refractivity contribution is 4.92. The van der Waals surface area contributed by atoms with E-state index in [1.807, 2.05) is 0 Å². The Morgan fingerprint density at radius 2 is 1.88 bits per heavy atom. The van der Waals surface area contributed by atoms with E-state index in [0.29, 0.717) is 12.0 Å². The topological polar surface area (TPSA) is 29.3 Å². The van der Waals surface area contributed by atoms with Crippen LogP contribution in [0, 0.1) is 24.2 Å². The Kier molecular flexibility index (Phi) is 4.26. The van der Waals surface area contributed by atoms with Crippen molar-refractivity contribution in [2.75, 3.05) is 19.6 Å². The molecule has 16 heavy (non-hydrogen) atoms. The van der Waals surface area contributed by atoms with Gasteiger partial charge in [-0.15, -0.1) is 6.42 Å². The molecule has 0 aromatic heterocycles. The van der Waals surface area contributed by atoms with Crippen LogP contribution in [0.5, 0.6) is 0 Å². The Morgan fingerprint density at radius 1 is 1.12 bits per heavy atom. The molecule has 2 aliphatic rings. The molecule has 2 N–H and O–H groups in total. The van der Waals surface area contributed by atoms with Crippen molar-refractivity contribution in [1.29, 1.82) is 0 Å². The van der Waals surface area contributed by atoms with Crippen LogP contribution in [0.15, 0.2) is 0 Å². The zero-order valence-corrected chi connectivity index (χ0v) is 10.2. The first-order valence-corrected chi connectivity index (χ1v) is 6.71. The van der Waals surface area contributed by atoms with Crippen LogP contribution in [0.3, 0.4) is 0 Å². The van der Waals surface area contributed by atoms with Crippen LogP contribution in [0.25, 0.3) is 0 Å². The molecule has 2 heteroatoms. The Hall–Kier alpha value is -0.520. The number of rotatable bonds is 5. The SMILES string of the molecule is C#CCN(CC1CC1)CC1CCCCC1N. The number of terminal acetylenes is 1. The van der Waals surface area contributed by atoms with Crippen molar-refractivity contribution in [1.82, 2.24) is 4.90 Å². The summed E-state index contributed by atoms with van der Waals surface area (Å²) >= 11 is 0. The normalized spacial score (nSPS) is 30.3. The van der Waals surface area contributed by atoms with Gasteiger partial charge >= 0.3 is 0 Å². The smallest absolute Gasteiger partial charge is 0.0599 e. The third-order valence-electron chi connectivity index (χ3n) is 3.99. The highest BCUT2D eigenvalue weighted by Crippen LogP contribution is 2.31. The van der Waals surface area contributed by atoms with E-state index in [0.717, 1.165) is 19.0 Å². The highest BCUT2D eigenvalue weighted by Gasteiger charge is 2.28.